The molecule has 1 aromatic carbocycles. The molecular formula is C17H28ClNO3. The van der Waals surface area contributed by atoms with Crippen LogP contribution in [0.4, 0.5) is 0 Å². The maximum atomic E-state index is 10.5. The summed E-state index contributed by atoms with van der Waals surface area (Å²) in [5.74, 6) is 1.51. The molecule has 0 unspecified atom stereocenters. The smallest absolute Gasteiger partial charge is 0.141 e. The van der Waals surface area contributed by atoms with Crippen molar-refractivity contribution in [3.63, 3.8) is 0 Å². The Morgan fingerprint density at radius 2 is 1.82 bits per heavy atom. The highest BCUT2D eigenvalue weighted by Gasteiger charge is 2.27. The number of methoxy groups -OCH3 is 2. The first-order chi connectivity index (χ1) is 10.3. The van der Waals surface area contributed by atoms with E-state index in [1.165, 1.54) is 0 Å². The van der Waals surface area contributed by atoms with E-state index < -0.39 is 5.60 Å². The number of hydrogen-bond donors (Lipinski definition) is 2. The summed E-state index contributed by atoms with van der Waals surface area (Å²) < 4.78 is 10.6. The topological polar surface area (TPSA) is 50.7 Å². The lowest BCUT2D eigenvalue weighted by atomic mass is 9.88. The third-order valence-corrected chi connectivity index (χ3v) is 4.71. The highest BCUT2D eigenvalue weighted by molar-refractivity contribution is 6.32. The van der Waals surface area contributed by atoms with E-state index >= 15 is 0 Å². The van der Waals surface area contributed by atoms with Crippen LogP contribution in [0.5, 0.6) is 11.5 Å². The number of hydrogen-bond acceptors (Lipinski definition) is 4. The third kappa shape index (κ3) is 4.51. The largest absolute Gasteiger partial charge is 0.496 e. The molecule has 0 radical (unpaired) electrons. The van der Waals surface area contributed by atoms with Crippen molar-refractivity contribution in [2.24, 2.45) is 5.92 Å². The predicted octanol–water partition coefficient (Wildman–Crippen LogP) is 3.80. The fourth-order valence-corrected chi connectivity index (χ4v) is 2.55. The Labute approximate surface area is 138 Å². The minimum atomic E-state index is -0.757. The van der Waals surface area contributed by atoms with Gasteiger partial charge < -0.3 is 19.9 Å². The first-order valence-corrected chi connectivity index (χ1v) is 8.01. The highest BCUT2D eigenvalue weighted by Crippen LogP contribution is 2.35. The molecule has 1 aromatic rings. The van der Waals surface area contributed by atoms with Gasteiger partial charge in [-0.2, -0.15) is 0 Å². The Kier molecular flexibility index (Phi) is 6.98. The van der Waals surface area contributed by atoms with Crippen molar-refractivity contribution in [2.45, 2.75) is 45.8 Å². The summed E-state index contributed by atoms with van der Waals surface area (Å²) in [5.41, 5.74) is 0.181. The van der Waals surface area contributed by atoms with Crippen molar-refractivity contribution < 1.29 is 14.6 Å². The zero-order chi connectivity index (χ0) is 16.9. The molecule has 0 spiro atoms. The summed E-state index contributed by atoms with van der Waals surface area (Å²) >= 11 is 6.21. The molecule has 1 rings (SSSR count). The molecule has 0 aliphatic carbocycles. The van der Waals surface area contributed by atoms with Crippen LogP contribution in [0.15, 0.2) is 12.1 Å². The van der Waals surface area contributed by atoms with Gasteiger partial charge >= 0.3 is 0 Å². The van der Waals surface area contributed by atoms with E-state index in [4.69, 9.17) is 21.1 Å². The molecule has 5 heteroatoms. The first kappa shape index (κ1) is 19.1. The standard InChI is InChI=1S/C17H28ClNO3/c1-7-11(2)17(4,20)10-19-12(3)13-8-14(18)16(22-6)9-15(13)21-5/h8-9,11-12,19-20H,7,10H2,1-6H3/t11-,12-,17+/m0/s1. The minimum absolute atomic E-state index is 0.00566. The van der Waals surface area contributed by atoms with Crippen molar-refractivity contribution in [1.29, 1.82) is 0 Å². The van der Waals surface area contributed by atoms with Gasteiger partial charge in [0.2, 0.25) is 0 Å². The Morgan fingerprint density at radius 1 is 1.23 bits per heavy atom. The Morgan fingerprint density at radius 3 is 2.32 bits per heavy atom. The van der Waals surface area contributed by atoms with Crippen LogP contribution in [-0.2, 0) is 0 Å². The van der Waals surface area contributed by atoms with Crippen LogP contribution in [0, 0.1) is 5.92 Å². The average molecular weight is 330 g/mol. The van der Waals surface area contributed by atoms with E-state index in [0.717, 1.165) is 12.0 Å². The molecular weight excluding hydrogens is 302 g/mol. The second-order valence-corrected chi connectivity index (χ2v) is 6.40. The summed E-state index contributed by atoms with van der Waals surface area (Å²) in [6, 6.07) is 3.62. The van der Waals surface area contributed by atoms with Crippen LogP contribution in [0.1, 0.15) is 45.7 Å². The molecule has 126 valence electrons. The van der Waals surface area contributed by atoms with Gasteiger partial charge in [0.25, 0.3) is 0 Å². The van der Waals surface area contributed by atoms with Gasteiger partial charge in [0, 0.05) is 24.2 Å². The molecule has 0 aliphatic rings. The molecule has 4 nitrogen and oxygen atoms in total. The molecule has 0 amide bonds. The fraction of sp³-hybridized carbons (Fsp3) is 0.647. The van der Waals surface area contributed by atoms with Gasteiger partial charge in [-0.1, -0.05) is 31.9 Å². The van der Waals surface area contributed by atoms with Crippen LogP contribution in [0.2, 0.25) is 5.02 Å². The van der Waals surface area contributed by atoms with Gasteiger partial charge in [0.15, 0.2) is 0 Å². The lowest BCUT2D eigenvalue weighted by molar-refractivity contribution is 0.00359. The Bertz CT molecular complexity index is 491. The molecule has 0 saturated heterocycles. The van der Waals surface area contributed by atoms with Crippen LogP contribution in [0.25, 0.3) is 0 Å². The monoisotopic (exact) mass is 329 g/mol. The third-order valence-electron chi connectivity index (χ3n) is 4.41. The average Bonchev–Trinajstić information content (AvgIpc) is 2.51. The van der Waals surface area contributed by atoms with Gasteiger partial charge in [-0.25, -0.2) is 0 Å². The quantitative estimate of drug-likeness (QED) is 0.761. The van der Waals surface area contributed by atoms with Gasteiger partial charge in [0.1, 0.15) is 11.5 Å². The second-order valence-electron chi connectivity index (χ2n) is 6.00. The van der Waals surface area contributed by atoms with Gasteiger partial charge in [-0.3, -0.25) is 0 Å². The molecule has 3 atom stereocenters. The highest BCUT2D eigenvalue weighted by atomic mass is 35.5. The molecule has 22 heavy (non-hydrogen) atoms. The van der Waals surface area contributed by atoms with Crippen molar-refractivity contribution >= 4 is 11.6 Å². The second kappa shape index (κ2) is 8.04. The molecule has 0 bridgehead atoms. The van der Waals surface area contributed by atoms with E-state index in [-0.39, 0.29) is 12.0 Å². The van der Waals surface area contributed by atoms with Crippen LogP contribution in [0.3, 0.4) is 0 Å². The van der Waals surface area contributed by atoms with Crippen LogP contribution in [-0.4, -0.2) is 31.5 Å². The van der Waals surface area contributed by atoms with E-state index in [0.29, 0.717) is 23.1 Å². The summed E-state index contributed by atoms with van der Waals surface area (Å²) in [6.45, 7) is 8.51. The van der Waals surface area contributed by atoms with E-state index in [1.807, 2.05) is 19.9 Å². The zero-order valence-electron chi connectivity index (χ0n) is 14.4. The Balaban J connectivity index is 2.89. The summed E-state index contributed by atoms with van der Waals surface area (Å²) in [5, 5.41) is 14.4. The fourth-order valence-electron chi connectivity index (χ4n) is 2.31. The Hall–Kier alpha value is -0.970. The lowest BCUT2D eigenvalue weighted by Gasteiger charge is -2.31. The van der Waals surface area contributed by atoms with Crippen LogP contribution >= 0.6 is 11.6 Å². The number of ether oxygens (including phenoxy) is 2. The van der Waals surface area contributed by atoms with Crippen molar-refractivity contribution in [2.75, 3.05) is 20.8 Å². The molecule has 0 aromatic heterocycles. The van der Waals surface area contributed by atoms with E-state index in [1.54, 1.807) is 20.3 Å². The number of rotatable bonds is 8. The maximum absolute atomic E-state index is 10.5. The minimum Gasteiger partial charge on any atom is -0.496 e. The van der Waals surface area contributed by atoms with Crippen molar-refractivity contribution in [3.8, 4) is 11.5 Å². The van der Waals surface area contributed by atoms with Crippen molar-refractivity contribution in [3.05, 3.63) is 22.7 Å². The van der Waals surface area contributed by atoms with E-state index in [2.05, 4.69) is 19.2 Å². The van der Waals surface area contributed by atoms with Gasteiger partial charge in [-0.15, -0.1) is 0 Å². The molecule has 2 N–H and O–H groups in total. The zero-order valence-corrected chi connectivity index (χ0v) is 15.1. The molecule has 0 heterocycles. The van der Waals surface area contributed by atoms with E-state index in [9.17, 15) is 5.11 Å². The number of benzene rings is 1. The first-order valence-electron chi connectivity index (χ1n) is 7.64. The number of halogens is 1. The SMILES string of the molecule is CC[C@H](C)[C@](C)(O)CN[C@@H](C)c1cc(Cl)c(OC)cc1OC. The van der Waals surface area contributed by atoms with Gasteiger partial charge in [0.05, 0.1) is 24.8 Å². The molecule has 0 saturated carbocycles. The molecule has 0 aliphatic heterocycles. The lowest BCUT2D eigenvalue weighted by Crippen LogP contribution is -2.43. The van der Waals surface area contributed by atoms with Gasteiger partial charge in [-0.05, 0) is 25.8 Å². The summed E-state index contributed by atoms with van der Waals surface area (Å²) in [7, 11) is 3.19. The normalized spacial score (nSPS) is 16.7. The molecule has 0 fully saturated rings. The summed E-state index contributed by atoms with van der Waals surface area (Å²) in [4.78, 5) is 0. The maximum Gasteiger partial charge on any atom is 0.141 e. The summed E-state index contributed by atoms with van der Waals surface area (Å²) in [6.07, 6.45) is 0.931. The number of nitrogens with one attached hydrogen (secondary N) is 1. The predicted molar refractivity (Wildman–Crippen MR) is 91.1 cm³/mol. The number of aliphatic hydroxyl groups is 1. The van der Waals surface area contributed by atoms with Crippen LogP contribution < -0.4 is 14.8 Å². The van der Waals surface area contributed by atoms with Crippen molar-refractivity contribution in [1.82, 2.24) is 5.32 Å².